The Morgan fingerprint density at radius 3 is 2.35 bits per heavy atom. The number of anilines is 2. The zero-order valence-electron chi connectivity index (χ0n) is 19.4. The minimum Gasteiger partial charge on any atom is -0.495 e. The van der Waals surface area contributed by atoms with Crippen LogP contribution in [-0.2, 0) is 14.3 Å². The van der Waals surface area contributed by atoms with E-state index in [1.165, 1.54) is 21.3 Å². The summed E-state index contributed by atoms with van der Waals surface area (Å²) in [6.07, 6.45) is 3.31. The molecule has 1 spiro atoms. The van der Waals surface area contributed by atoms with Crippen LogP contribution in [0.2, 0.25) is 0 Å². The van der Waals surface area contributed by atoms with Crippen LogP contribution < -0.4 is 29.2 Å². The third-order valence-electron chi connectivity index (χ3n) is 6.71. The van der Waals surface area contributed by atoms with Crippen LogP contribution >= 0.6 is 0 Å². The average molecular weight is 466 g/mol. The second-order valence-corrected chi connectivity index (χ2v) is 8.40. The van der Waals surface area contributed by atoms with Crippen molar-refractivity contribution < 1.29 is 33.3 Å². The molecule has 3 heterocycles. The molecule has 9 heteroatoms. The maximum Gasteiger partial charge on any atom is 0.234 e. The van der Waals surface area contributed by atoms with Gasteiger partial charge in [-0.1, -0.05) is 24.3 Å². The molecule has 2 aromatic rings. The average Bonchev–Trinajstić information content (AvgIpc) is 3.51. The molecular weight excluding hydrogens is 440 g/mol. The van der Waals surface area contributed by atoms with Gasteiger partial charge in [-0.15, -0.1) is 0 Å². The van der Waals surface area contributed by atoms with Crippen LogP contribution in [0.25, 0.3) is 0 Å². The molecule has 2 bridgehead atoms. The lowest BCUT2D eigenvalue weighted by molar-refractivity contribution is -0.128. The van der Waals surface area contributed by atoms with E-state index in [9.17, 15) is 9.59 Å². The van der Waals surface area contributed by atoms with E-state index in [2.05, 4.69) is 5.32 Å². The van der Waals surface area contributed by atoms with Gasteiger partial charge in [-0.3, -0.25) is 9.59 Å². The number of carbonyl (C=O) groups is 2. The number of amides is 2. The van der Waals surface area contributed by atoms with E-state index in [1.807, 2.05) is 30.4 Å². The third kappa shape index (κ3) is 3.19. The summed E-state index contributed by atoms with van der Waals surface area (Å²) in [6.45, 7) is 0.317. The standard InChI is InChI=1S/C25H26N2O7/c1-30-16-8-6-5-7-15(16)27-13-25-10-9-17(34-25)20(21(25)24(27)29)23(28)26-14-11-18(31-2)22(33-4)19(12-14)32-3/h5-12,17,20-21H,13H2,1-4H3,(H,26,28)/t17-,20?,21?,25+/m0/s1. The van der Waals surface area contributed by atoms with Gasteiger partial charge in [-0.25, -0.2) is 0 Å². The van der Waals surface area contributed by atoms with Gasteiger partial charge in [0.15, 0.2) is 11.5 Å². The smallest absolute Gasteiger partial charge is 0.234 e. The highest BCUT2D eigenvalue weighted by Gasteiger charge is 2.67. The van der Waals surface area contributed by atoms with Crippen molar-refractivity contribution in [3.05, 3.63) is 48.6 Å². The van der Waals surface area contributed by atoms with E-state index in [0.717, 1.165) is 0 Å². The molecule has 3 aliphatic rings. The monoisotopic (exact) mass is 466 g/mol. The summed E-state index contributed by atoms with van der Waals surface area (Å²) >= 11 is 0. The van der Waals surface area contributed by atoms with Crippen LogP contribution in [0.4, 0.5) is 11.4 Å². The van der Waals surface area contributed by atoms with E-state index in [0.29, 0.717) is 40.9 Å². The van der Waals surface area contributed by atoms with Gasteiger partial charge in [0.2, 0.25) is 17.6 Å². The summed E-state index contributed by atoms with van der Waals surface area (Å²) in [7, 11) is 6.08. The minimum atomic E-state index is -0.847. The first-order valence-corrected chi connectivity index (χ1v) is 10.9. The van der Waals surface area contributed by atoms with Crippen molar-refractivity contribution in [3.8, 4) is 23.0 Å². The molecule has 2 fully saturated rings. The topological polar surface area (TPSA) is 95.6 Å². The van der Waals surface area contributed by atoms with Crippen molar-refractivity contribution in [2.75, 3.05) is 45.2 Å². The molecule has 2 unspecified atom stereocenters. The summed E-state index contributed by atoms with van der Waals surface area (Å²) in [6, 6.07) is 10.6. The van der Waals surface area contributed by atoms with Gasteiger partial charge in [0.1, 0.15) is 11.4 Å². The first-order valence-electron chi connectivity index (χ1n) is 10.9. The summed E-state index contributed by atoms with van der Waals surface area (Å²) in [5.41, 5.74) is 0.273. The van der Waals surface area contributed by atoms with Gasteiger partial charge in [-0.05, 0) is 12.1 Å². The van der Waals surface area contributed by atoms with Crippen LogP contribution in [0.3, 0.4) is 0 Å². The zero-order chi connectivity index (χ0) is 24.0. The van der Waals surface area contributed by atoms with Crippen LogP contribution in [-0.4, -0.2) is 58.5 Å². The molecule has 1 N–H and O–H groups in total. The van der Waals surface area contributed by atoms with Gasteiger partial charge in [0.05, 0.1) is 58.6 Å². The van der Waals surface area contributed by atoms with Crippen LogP contribution in [0.5, 0.6) is 23.0 Å². The molecule has 2 saturated heterocycles. The molecule has 178 valence electrons. The molecule has 0 radical (unpaired) electrons. The van der Waals surface area contributed by atoms with Crippen molar-refractivity contribution in [3.63, 3.8) is 0 Å². The van der Waals surface area contributed by atoms with Gasteiger partial charge in [0.25, 0.3) is 0 Å². The number of para-hydroxylation sites is 2. The van der Waals surface area contributed by atoms with E-state index < -0.39 is 23.5 Å². The van der Waals surface area contributed by atoms with Crippen LogP contribution in [0, 0.1) is 11.8 Å². The summed E-state index contributed by atoms with van der Waals surface area (Å²) in [5, 5.41) is 2.91. The Morgan fingerprint density at radius 1 is 1.03 bits per heavy atom. The first-order chi connectivity index (χ1) is 16.5. The lowest BCUT2D eigenvalue weighted by Gasteiger charge is -2.24. The number of ether oxygens (including phenoxy) is 5. The number of nitrogens with one attached hydrogen (secondary N) is 1. The number of methoxy groups -OCH3 is 4. The number of nitrogens with zero attached hydrogens (tertiary/aromatic N) is 1. The van der Waals surface area contributed by atoms with Crippen molar-refractivity contribution >= 4 is 23.2 Å². The largest absolute Gasteiger partial charge is 0.495 e. The third-order valence-corrected chi connectivity index (χ3v) is 6.71. The van der Waals surface area contributed by atoms with Crippen molar-refractivity contribution in [2.45, 2.75) is 11.7 Å². The highest BCUT2D eigenvalue weighted by atomic mass is 16.5. The van der Waals surface area contributed by atoms with Gasteiger partial charge in [0, 0.05) is 17.8 Å². The lowest BCUT2D eigenvalue weighted by atomic mass is 9.76. The normalized spacial score (nSPS) is 26.4. The van der Waals surface area contributed by atoms with Crippen molar-refractivity contribution in [1.82, 2.24) is 0 Å². The van der Waals surface area contributed by atoms with Gasteiger partial charge >= 0.3 is 0 Å². The molecule has 34 heavy (non-hydrogen) atoms. The molecular formula is C25H26N2O7. The summed E-state index contributed by atoms with van der Waals surface area (Å²) < 4.78 is 27.8. The van der Waals surface area contributed by atoms with E-state index >= 15 is 0 Å². The Kier molecular flexibility index (Phi) is 5.36. The number of carbonyl (C=O) groups excluding carboxylic acids is 2. The fraction of sp³-hybridized carbons (Fsp3) is 0.360. The maximum absolute atomic E-state index is 13.6. The fourth-order valence-corrected chi connectivity index (χ4v) is 5.23. The van der Waals surface area contributed by atoms with Crippen molar-refractivity contribution in [1.29, 1.82) is 0 Å². The summed E-state index contributed by atoms with van der Waals surface area (Å²) in [5.74, 6) is 0.0302. The van der Waals surface area contributed by atoms with Crippen LogP contribution in [0.1, 0.15) is 0 Å². The SMILES string of the molecule is COc1ccccc1N1C[C@@]23C=C[C@H](O2)C(C(=O)Nc2cc(OC)c(OC)c(OC)c2)C3C1=O. The van der Waals surface area contributed by atoms with E-state index in [1.54, 1.807) is 30.2 Å². The predicted octanol–water partition coefficient (Wildman–Crippen LogP) is 2.65. The van der Waals surface area contributed by atoms with Gasteiger partial charge in [-0.2, -0.15) is 0 Å². The molecule has 3 aliphatic heterocycles. The number of benzene rings is 2. The number of hydrogen-bond acceptors (Lipinski definition) is 7. The fourth-order valence-electron chi connectivity index (χ4n) is 5.23. The van der Waals surface area contributed by atoms with Crippen LogP contribution in [0.15, 0.2) is 48.6 Å². The molecule has 0 saturated carbocycles. The lowest BCUT2D eigenvalue weighted by Crippen LogP contribution is -2.41. The summed E-state index contributed by atoms with van der Waals surface area (Å²) in [4.78, 5) is 28.7. The molecule has 2 aromatic carbocycles. The molecule has 2 amide bonds. The Bertz CT molecular complexity index is 1150. The zero-order valence-corrected chi connectivity index (χ0v) is 19.4. The molecule has 9 nitrogen and oxygen atoms in total. The Balaban J connectivity index is 1.44. The Morgan fingerprint density at radius 2 is 1.71 bits per heavy atom. The predicted molar refractivity (Wildman–Crippen MR) is 124 cm³/mol. The highest BCUT2D eigenvalue weighted by molar-refractivity contribution is 6.06. The second kappa shape index (κ2) is 8.25. The molecule has 5 rings (SSSR count). The Hall–Kier alpha value is -3.72. The number of hydrogen-bond donors (Lipinski definition) is 1. The minimum absolute atomic E-state index is 0.165. The maximum atomic E-state index is 13.6. The molecule has 0 aliphatic carbocycles. The second-order valence-electron chi connectivity index (χ2n) is 8.40. The number of rotatable bonds is 7. The molecule has 4 atom stereocenters. The van der Waals surface area contributed by atoms with E-state index in [4.69, 9.17) is 23.7 Å². The van der Waals surface area contributed by atoms with Crippen molar-refractivity contribution in [2.24, 2.45) is 11.8 Å². The first kappa shape index (κ1) is 22.1. The Labute approximate surface area is 197 Å². The van der Waals surface area contributed by atoms with Gasteiger partial charge < -0.3 is 33.9 Å². The quantitative estimate of drug-likeness (QED) is 0.627. The number of fused-ring (bicyclic) bond motifs is 1. The van der Waals surface area contributed by atoms with E-state index in [-0.39, 0.29) is 11.8 Å². The molecule has 0 aromatic heterocycles. The highest BCUT2D eigenvalue weighted by Crippen LogP contribution is 2.53.